The number of thioether (sulfide) groups is 1. The molecule has 0 spiro atoms. The third kappa shape index (κ3) is 2.99. The maximum Gasteiger partial charge on any atom is 0.282 e. The van der Waals surface area contributed by atoms with E-state index in [9.17, 15) is 4.79 Å². The summed E-state index contributed by atoms with van der Waals surface area (Å²) >= 11 is 2.73. The summed E-state index contributed by atoms with van der Waals surface area (Å²) in [5.41, 5.74) is 1.55. The summed E-state index contributed by atoms with van der Waals surface area (Å²) in [5.74, 6) is 7.48. The minimum Gasteiger partial charge on any atom is -0.424 e. The first-order chi connectivity index (χ1) is 12.7. The molecule has 9 heteroatoms. The maximum absolute atomic E-state index is 12.8. The lowest BCUT2D eigenvalue weighted by Gasteiger charge is -2.06. The second kappa shape index (κ2) is 6.93. The average molecular weight is 385 g/mol. The molecular formula is C17H15N5O2S2. The zero-order chi connectivity index (χ0) is 18.1. The van der Waals surface area contributed by atoms with Gasteiger partial charge in [0.25, 0.3) is 5.56 Å². The quantitative estimate of drug-likeness (QED) is 0.320. The molecule has 0 saturated heterocycles. The van der Waals surface area contributed by atoms with Crippen LogP contribution in [0.1, 0.15) is 18.7 Å². The normalized spacial score (nSPS) is 11.3. The van der Waals surface area contributed by atoms with Crippen LogP contribution in [0.2, 0.25) is 0 Å². The molecule has 0 amide bonds. The second-order valence-corrected chi connectivity index (χ2v) is 7.30. The predicted molar refractivity (Wildman–Crippen MR) is 103 cm³/mol. The van der Waals surface area contributed by atoms with Crippen LogP contribution in [0.25, 0.3) is 21.3 Å². The number of hydrogen-bond donors (Lipinski definition) is 1. The average Bonchev–Trinajstić information content (AvgIpc) is 3.31. The highest BCUT2D eigenvalue weighted by Crippen LogP contribution is 2.32. The second-order valence-electron chi connectivity index (χ2n) is 5.50. The molecule has 0 unspecified atom stereocenters. The molecule has 0 aliphatic rings. The Bertz CT molecular complexity index is 1120. The molecule has 132 valence electrons. The van der Waals surface area contributed by atoms with Gasteiger partial charge in [-0.05, 0) is 5.56 Å². The molecule has 4 rings (SSSR count). The van der Waals surface area contributed by atoms with E-state index in [1.54, 1.807) is 0 Å². The minimum atomic E-state index is -0.266. The lowest BCUT2D eigenvalue weighted by molar-refractivity contribution is 0.469. The van der Waals surface area contributed by atoms with Crippen LogP contribution >= 0.6 is 23.1 Å². The first kappa shape index (κ1) is 16.8. The zero-order valence-electron chi connectivity index (χ0n) is 13.9. The Morgan fingerprint density at radius 2 is 2.00 bits per heavy atom. The Kier molecular flexibility index (Phi) is 4.48. The zero-order valence-corrected chi connectivity index (χ0v) is 15.5. The molecule has 2 N–H and O–H groups in total. The van der Waals surface area contributed by atoms with Gasteiger partial charge in [0.2, 0.25) is 11.8 Å². The highest BCUT2D eigenvalue weighted by atomic mass is 32.2. The van der Waals surface area contributed by atoms with Gasteiger partial charge in [0.05, 0.1) is 11.1 Å². The number of rotatable bonds is 5. The van der Waals surface area contributed by atoms with Gasteiger partial charge in [-0.3, -0.25) is 4.79 Å². The first-order valence-electron chi connectivity index (χ1n) is 7.96. The predicted octanol–water partition coefficient (Wildman–Crippen LogP) is 3.08. The van der Waals surface area contributed by atoms with E-state index in [1.165, 1.54) is 23.1 Å². The van der Waals surface area contributed by atoms with Crippen LogP contribution in [0.15, 0.2) is 50.1 Å². The van der Waals surface area contributed by atoms with E-state index in [-0.39, 0.29) is 5.56 Å². The van der Waals surface area contributed by atoms with Crippen LogP contribution in [0.3, 0.4) is 0 Å². The SMILES string of the molecule is CCc1nnc(CSc2nc3scc(-c4ccccc4)c3c(=O)n2N)o1. The fraction of sp³-hybridized carbons (Fsp3) is 0.176. The van der Waals surface area contributed by atoms with E-state index in [1.807, 2.05) is 42.6 Å². The van der Waals surface area contributed by atoms with Crippen LogP contribution < -0.4 is 11.4 Å². The van der Waals surface area contributed by atoms with Crippen LogP contribution in [-0.2, 0) is 12.2 Å². The van der Waals surface area contributed by atoms with Crippen molar-refractivity contribution < 1.29 is 4.42 Å². The third-order valence-electron chi connectivity index (χ3n) is 3.83. The summed E-state index contributed by atoms with van der Waals surface area (Å²) in [4.78, 5) is 18.0. The lowest BCUT2D eigenvalue weighted by atomic mass is 10.1. The third-order valence-corrected chi connectivity index (χ3v) is 5.64. The van der Waals surface area contributed by atoms with Crippen LogP contribution in [0, 0.1) is 0 Å². The Hall–Kier alpha value is -2.65. The summed E-state index contributed by atoms with van der Waals surface area (Å²) in [5, 5.41) is 10.8. The van der Waals surface area contributed by atoms with Gasteiger partial charge in [0, 0.05) is 17.4 Å². The molecule has 7 nitrogen and oxygen atoms in total. The van der Waals surface area contributed by atoms with Crippen molar-refractivity contribution in [2.24, 2.45) is 0 Å². The van der Waals surface area contributed by atoms with Crippen molar-refractivity contribution in [1.29, 1.82) is 0 Å². The van der Waals surface area contributed by atoms with Crippen LogP contribution in [0.5, 0.6) is 0 Å². The lowest BCUT2D eigenvalue weighted by Crippen LogP contribution is -2.29. The first-order valence-corrected chi connectivity index (χ1v) is 9.82. The van der Waals surface area contributed by atoms with Crippen molar-refractivity contribution in [3.05, 3.63) is 57.8 Å². The number of nitrogens with two attached hydrogens (primary N) is 1. The van der Waals surface area contributed by atoms with Crippen molar-refractivity contribution in [3.63, 3.8) is 0 Å². The maximum atomic E-state index is 12.8. The molecule has 3 heterocycles. The van der Waals surface area contributed by atoms with Gasteiger partial charge in [-0.1, -0.05) is 49.0 Å². The molecular weight excluding hydrogens is 370 g/mol. The molecule has 0 aliphatic heterocycles. The molecule has 0 bridgehead atoms. The molecule has 0 atom stereocenters. The summed E-state index contributed by atoms with van der Waals surface area (Å²) in [7, 11) is 0. The molecule has 0 aliphatic carbocycles. The van der Waals surface area contributed by atoms with Crippen molar-refractivity contribution in [1.82, 2.24) is 19.9 Å². The molecule has 26 heavy (non-hydrogen) atoms. The number of aryl methyl sites for hydroxylation is 1. The van der Waals surface area contributed by atoms with Gasteiger partial charge < -0.3 is 10.3 Å². The van der Waals surface area contributed by atoms with Gasteiger partial charge in [-0.15, -0.1) is 21.5 Å². The number of fused-ring (bicyclic) bond motifs is 1. The fourth-order valence-corrected chi connectivity index (χ4v) is 4.28. The van der Waals surface area contributed by atoms with Crippen molar-refractivity contribution >= 4 is 33.3 Å². The summed E-state index contributed by atoms with van der Waals surface area (Å²) in [6.45, 7) is 1.94. The van der Waals surface area contributed by atoms with E-state index < -0.39 is 0 Å². The molecule has 0 radical (unpaired) electrons. The number of aromatic nitrogens is 4. The van der Waals surface area contributed by atoms with Crippen LogP contribution in [-0.4, -0.2) is 19.9 Å². The van der Waals surface area contributed by atoms with E-state index in [0.717, 1.165) is 15.8 Å². The number of nitrogen functional groups attached to an aromatic ring is 1. The molecule has 0 saturated carbocycles. The Labute approximate surface area is 156 Å². The number of nitrogens with zero attached hydrogens (tertiary/aromatic N) is 4. The van der Waals surface area contributed by atoms with Crippen molar-refractivity contribution in [3.8, 4) is 11.1 Å². The van der Waals surface area contributed by atoms with Gasteiger partial charge in [-0.2, -0.15) is 0 Å². The summed E-state index contributed by atoms with van der Waals surface area (Å²) < 4.78 is 6.56. The van der Waals surface area contributed by atoms with Gasteiger partial charge in [0.1, 0.15) is 4.83 Å². The molecule has 4 aromatic rings. The molecule has 1 aromatic carbocycles. The van der Waals surface area contributed by atoms with Gasteiger partial charge in [-0.25, -0.2) is 9.66 Å². The molecule has 0 fully saturated rings. The fourth-order valence-electron chi connectivity index (χ4n) is 2.53. The number of thiophene rings is 1. The standard InChI is InChI=1S/C17H15N5O2S2/c1-2-12-20-21-13(24-12)9-26-17-19-15-14(16(23)22(17)18)11(8-25-15)10-6-4-3-5-7-10/h3-8H,2,9,18H2,1H3. The largest absolute Gasteiger partial charge is 0.424 e. The van der Waals surface area contributed by atoms with E-state index in [2.05, 4.69) is 15.2 Å². The summed E-state index contributed by atoms with van der Waals surface area (Å²) in [6.07, 6.45) is 0.681. The van der Waals surface area contributed by atoms with Crippen molar-refractivity contribution in [2.45, 2.75) is 24.3 Å². The van der Waals surface area contributed by atoms with Crippen molar-refractivity contribution in [2.75, 3.05) is 5.84 Å². The van der Waals surface area contributed by atoms with E-state index in [0.29, 0.717) is 39.3 Å². The van der Waals surface area contributed by atoms with Gasteiger partial charge >= 0.3 is 0 Å². The Balaban J connectivity index is 1.69. The highest BCUT2D eigenvalue weighted by molar-refractivity contribution is 7.98. The minimum absolute atomic E-state index is 0.266. The monoisotopic (exact) mass is 385 g/mol. The number of hydrogen-bond acceptors (Lipinski definition) is 8. The van der Waals surface area contributed by atoms with Crippen LogP contribution in [0.4, 0.5) is 0 Å². The van der Waals surface area contributed by atoms with E-state index >= 15 is 0 Å². The topological polar surface area (TPSA) is 99.8 Å². The van der Waals surface area contributed by atoms with E-state index in [4.69, 9.17) is 10.3 Å². The molecule has 3 aromatic heterocycles. The number of benzene rings is 1. The Morgan fingerprint density at radius 3 is 2.73 bits per heavy atom. The van der Waals surface area contributed by atoms with Gasteiger partial charge in [0.15, 0.2) is 5.16 Å². The highest BCUT2D eigenvalue weighted by Gasteiger charge is 2.17. The smallest absolute Gasteiger partial charge is 0.282 e. The Morgan fingerprint density at radius 1 is 1.23 bits per heavy atom. The summed E-state index contributed by atoms with van der Waals surface area (Å²) in [6, 6.07) is 9.74.